The zero-order valence-corrected chi connectivity index (χ0v) is 16.8. The van der Waals surface area contributed by atoms with E-state index in [0.717, 1.165) is 48.5 Å². The molecule has 2 heterocycles. The summed E-state index contributed by atoms with van der Waals surface area (Å²) in [5.74, 6) is -0.268. The van der Waals surface area contributed by atoms with Crippen LogP contribution in [0.5, 0.6) is 0 Å². The van der Waals surface area contributed by atoms with E-state index < -0.39 is 0 Å². The molecule has 1 aliphatic rings. The molecule has 1 saturated heterocycles. The lowest BCUT2D eigenvalue weighted by molar-refractivity contribution is -0.125. The summed E-state index contributed by atoms with van der Waals surface area (Å²) in [4.78, 5) is 14.4. The van der Waals surface area contributed by atoms with Crippen molar-refractivity contribution in [3.05, 3.63) is 64.5 Å². The van der Waals surface area contributed by atoms with Crippen LogP contribution in [-0.4, -0.2) is 35.1 Å². The molecule has 1 amide bonds. The lowest BCUT2D eigenvalue weighted by atomic mass is 10.1. The maximum Gasteiger partial charge on any atom is 0.264 e. The summed E-state index contributed by atoms with van der Waals surface area (Å²) >= 11 is 0. The van der Waals surface area contributed by atoms with Crippen molar-refractivity contribution < 1.29 is 9.53 Å². The second kappa shape index (κ2) is 8.90. The Bertz CT molecular complexity index is 900. The number of aryl methyl sites for hydroxylation is 1. The summed E-state index contributed by atoms with van der Waals surface area (Å²) in [5, 5.41) is 9.58. The van der Waals surface area contributed by atoms with E-state index >= 15 is 0 Å². The lowest BCUT2D eigenvalue weighted by Gasteiger charge is -2.17. The van der Waals surface area contributed by atoms with E-state index in [2.05, 4.69) is 17.6 Å². The van der Waals surface area contributed by atoms with Gasteiger partial charge in [0.15, 0.2) is 0 Å². The van der Waals surface area contributed by atoms with Crippen molar-refractivity contribution in [2.24, 2.45) is 0 Å². The number of hydrogen-bond donors (Lipinski definition) is 0. The van der Waals surface area contributed by atoms with Crippen molar-refractivity contribution in [2.75, 3.05) is 13.7 Å². The zero-order valence-electron chi connectivity index (χ0n) is 16.8. The van der Waals surface area contributed by atoms with Crippen LogP contribution in [0.2, 0.25) is 0 Å². The Labute approximate surface area is 166 Å². The number of aromatic nitrogens is 1. The fraction of sp³-hybridized carbons (Fsp3) is 0.391. The monoisotopic (exact) mass is 377 g/mol. The molecule has 1 aliphatic heterocycles. The van der Waals surface area contributed by atoms with E-state index in [1.165, 1.54) is 0 Å². The number of ether oxygens (including phenoxy) is 1. The normalized spacial score (nSPS) is 16.8. The van der Waals surface area contributed by atoms with Gasteiger partial charge in [0, 0.05) is 38.1 Å². The molecule has 1 fully saturated rings. The summed E-state index contributed by atoms with van der Waals surface area (Å²) < 4.78 is 7.97. The fourth-order valence-electron chi connectivity index (χ4n) is 3.68. The number of rotatable bonds is 6. The van der Waals surface area contributed by atoms with Crippen molar-refractivity contribution in [2.45, 2.75) is 45.9 Å². The van der Waals surface area contributed by atoms with Gasteiger partial charge in [0.1, 0.15) is 11.6 Å². The number of amides is 1. The largest absolute Gasteiger partial charge is 0.376 e. The highest BCUT2D eigenvalue weighted by Gasteiger charge is 2.20. The van der Waals surface area contributed by atoms with Crippen LogP contribution in [0.1, 0.15) is 35.4 Å². The van der Waals surface area contributed by atoms with Crippen molar-refractivity contribution in [3.8, 4) is 6.07 Å². The maximum atomic E-state index is 12.8. The van der Waals surface area contributed by atoms with Crippen molar-refractivity contribution in [3.63, 3.8) is 0 Å². The molecule has 5 heteroatoms. The van der Waals surface area contributed by atoms with Crippen LogP contribution in [0.3, 0.4) is 0 Å². The topological polar surface area (TPSA) is 58.3 Å². The van der Waals surface area contributed by atoms with E-state index in [-0.39, 0.29) is 17.6 Å². The molecule has 0 spiro atoms. The smallest absolute Gasteiger partial charge is 0.264 e. The van der Waals surface area contributed by atoms with Gasteiger partial charge in [-0.2, -0.15) is 5.26 Å². The molecule has 2 aromatic rings. The van der Waals surface area contributed by atoms with E-state index in [9.17, 15) is 10.1 Å². The first-order chi connectivity index (χ1) is 13.5. The summed E-state index contributed by atoms with van der Waals surface area (Å²) in [7, 11) is 1.72. The van der Waals surface area contributed by atoms with Gasteiger partial charge in [0.25, 0.3) is 5.91 Å². The number of benzene rings is 1. The van der Waals surface area contributed by atoms with Gasteiger partial charge in [-0.3, -0.25) is 4.79 Å². The Balaban J connectivity index is 1.78. The molecule has 28 heavy (non-hydrogen) atoms. The van der Waals surface area contributed by atoms with Crippen molar-refractivity contribution in [1.82, 2.24) is 9.47 Å². The molecule has 1 aromatic carbocycles. The van der Waals surface area contributed by atoms with Gasteiger partial charge >= 0.3 is 0 Å². The van der Waals surface area contributed by atoms with Crippen LogP contribution in [0.4, 0.5) is 0 Å². The number of carbonyl (C=O) groups is 1. The molecule has 0 N–H and O–H groups in total. The van der Waals surface area contributed by atoms with Crippen LogP contribution in [0.15, 0.2) is 42.0 Å². The molecule has 1 unspecified atom stereocenters. The third-order valence-corrected chi connectivity index (χ3v) is 5.28. The molecule has 0 saturated carbocycles. The molecule has 146 valence electrons. The Morgan fingerprint density at radius 3 is 2.75 bits per heavy atom. The third-order valence-electron chi connectivity index (χ3n) is 5.28. The molecule has 3 rings (SSSR count). The molecule has 0 bridgehead atoms. The van der Waals surface area contributed by atoms with Crippen LogP contribution in [-0.2, 0) is 22.6 Å². The van der Waals surface area contributed by atoms with Crippen molar-refractivity contribution >= 4 is 12.0 Å². The number of hydrogen-bond acceptors (Lipinski definition) is 3. The maximum absolute atomic E-state index is 12.8. The van der Waals surface area contributed by atoms with Gasteiger partial charge in [-0.25, -0.2) is 0 Å². The summed E-state index contributed by atoms with van der Waals surface area (Å²) in [6.07, 6.45) is 4.14. The minimum absolute atomic E-state index is 0.149. The van der Waals surface area contributed by atoms with E-state index in [4.69, 9.17) is 4.74 Å². The predicted octanol–water partition coefficient (Wildman–Crippen LogP) is 3.85. The highest BCUT2D eigenvalue weighted by molar-refractivity contribution is 6.01. The standard InChI is InChI=1S/C23H27N3O2/c1-17-12-20(18(2)26(17)16-22-10-7-11-28-22)13-21(14-24)23(27)25(3)15-19-8-5-4-6-9-19/h4-6,8-9,12-13,22H,7,10-11,15-16H2,1-3H3/b21-13+. The number of nitriles is 1. The van der Waals surface area contributed by atoms with E-state index in [1.54, 1.807) is 18.0 Å². The third kappa shape index (κ3) is 4.52. The van der Waals surface area contributed by atoms with Crippen LogP contribution >= 0.6 is 0 Å². The highest BCUT2D eigenvalue weighted by Crippen LogP contribution is 2.22. The molecule has 1 aromatic heterocycles. The SMILES string of the molecule is Cc1cc(/C=C(\C#N)C(=O)N(C)Cc2ccccc2)c(C)n1CC1CCCO1. The molecular formula is C23H27N3O2. The average Bonchev–Trinajstić information content (AvgIpc) is 3.30. The second-order valence-electron chi connectivity index (χ2n) is 7.39. The number of nitrogens with zero attached hydrogens (tertiary/aromatic N) is 3. The van der Waals surface area contributed by atoms with Gasteiger partial charge in [-0.1, -0.05) is 30.3 Å². The fourth-order valence-corrected chi connectivity index (χ4v) is 3.68. The van der Waals surface area contributed by atoms with Crippen LogP contribution in [0, 0.1) is 25.2 Å². The quantitative estimate of drug-likeness (QED) is 0.567. The number of carbonyl (C=O) groups excluding carboxylic acids is 1. The Morgan fingerprint density at radius 1 is 1.36 bits per heavy atom. The average molecular weight is 377 g/mol. The Morgan fingerprint density at radius 2 is 2.11 bits per heavy atom. The summed E-state index contributed by atoms with van der Waals surface area (Å²) in [6.45, 7) is 6.19. The second-order valence-corrected chi connectivity index (χ2v) is 7.39. The van der Waals surface area contributed by atoms with Gasteiger partial charge < -0.3 is 14.2 Å². The summed E-state index contributed by atoms with van der Waals surface area (Å²) in [6, 6.07) is 13.9. The molecule has 5 nitrogen and oxygen atoms in total. The van der Waals surface area contributed by atoms with Crippen LogP contribution < -0.4 is 0 Å². The van der Waals surface area contributed by atoms with E-state index in [0.29, 0.717) is 6.54 Å². The number of likely N-dealkylation sites (N-methyl/N-ethyl adjacent to an activating group) is 1. The highest BCUT2D eigenvalue weighted by atomic mass is 16.5. The molecule has 1 atom stereocenters. The molecule has 0 aliphatic carbocycles. The summed E-state index contributed by atoms with van der Waals surface area (Å²) in [5.41, 5.74) is 4.26. The Hall–Kier alpha value is -2.84. The van der Waals surface area contributed by atoms with Gasteiger partial charge in [-0.05, 0) is 50.0 Å². The first-order valence-electron chi connectivity index (χ1n) is 9.69. The molecule has 0 radical (unpaired) electrons. The predicted molar refractivity (Wildman–Crippen MR) is 109 cm³/mol. The first-order valence-corrected chi connectivity index (χ1v) is 9.69. The van der Waals surface area contributed by atoms with Gasteiger partial charge in [-0.15, -0.1) is 0 Å². The molecular weight excluding hydrogens is 350 g/mol. The van der Waals surface area contributed by atoms with E-state index in [1.807, 2.05) is 43.3 Å². The van der Waals surface area contributed by atoms with Gasteiger partial charge in [0.05, 0.1) is 6.10 Å². The minimum atomic E-state index is -0.268. The van der Waals surface area contributed by atoms with Crippen LogP contribution in [0.25, 0.3) is 6.08 Å². The zero-order chi connectivity index (χ0) is 20.1. The van der Waals surface area contributed by atoms with Crippen molar-refractivity contribution in [1.29, 1.82) is 5.26 Å². The lowest BCUT2D eigenvalue weighted by Crippen LogP contribution is -2.27. The first kappa shape index (κ1) is 19.9. The minimum Gasteiger partial charge on any atom is -0.376 e. The van der Waals surface area contributed by atoms with Gasteiger partial charge in [0.2, 0.25) is 0 Å². The Kier molecular flexibility index (Phi) is 6.33.